The average molecular weight is 377 g/mol. The van der Waals surface area contributed by atoms with Crippen molar-refractivity contribution >= 4 is 10.0 Å². The fourth-order valence-corrected chi connectivity index (χ4v) is 3.31. The molecule has 0 aliphatic heterocycles. The van der Waals surface area contributed by atoms with Crippen molar-refractivity contribution in [3.05, 3.63) is 71.5 Å². The summed E-state index contributed by atoms with van der Waals surface area (Å²) in [5.74, 6) is -1.21. The van der Waals surface area contributed by atoms with E-state index in [1.807, 2.05) is 0 Å². The molecule has 0 radical (unpaired) electrons. The Bertz CT molecular complexity index is 808. The summed E-state index contributed by atoms with van der Waals surface area (Å²) in [4.78, 5) is 0. The van der Waals surface area contributed by atoms with Crippen molar-refractivity contribution in [2.75, 3.05) is 6.54 Å². The summed E-state index contributed by atoms with van der Waals surface area (Å²) in [5.41, 5.74) is -3.65. The predicted octanol–water partition coefficient (Wildman–Crippen LogP) is 2.70. The van der Waals surface area contributed by atoms with Crippen molar-refractivity contribution in [2.24, 2.45) is 0 Å². The van der Waals surface area contributed by atoms with Crippen LogP contribution in [0.5, 0.6) is 0 Å². The van der Waals surface area contributed by atoms with Crippen LogP contribution in [-0.2, 0) is 21.4 Å². The Kier molecular flexibility index (Phi) is 5.50. The molecule has 0 saturated carbocycles. The Balaban J connectivity index is 2.19. The maximum atomic E-state index is 13.3. The second-order valence-corrected chi connectivity index (χ2v) is 7.24. The number of hydrogen-bond acceptors (Lipinski definition) is 3. The molecule has 136 valence electrons. The summed E-state index contributed by atoms with van der Waals surface area (Å²) in [6.45, 7) is -1.27. The fraction of sp³-hybridized carbons (Fsp3) is 0.250. The van der Waals surface area contributed by atoms with Crippen LogP contribution in [0.4, 0.5) is 17.6 Å². The third-order valence-corrected chi connectivity index (χ3v) is 4.84. The molecule has 2 aromatic carbocycles. The van der Waals surface area contributed by atoms with Crippen LogP contribution in [0, 0.1) is 5.82 Å². The predicted molar refractivity (Wildman–Crippen MR) is 83.4 cm³/mol. The highest BCUT2D eigenvalue weighted by Crippen LogP contribution is 2.38. The first kappa shape index (κ1) is 19.4. The van der Waals surface area contributed by atoms with Crippen LogP contribution in [-0.4, -0.2) is 26.2 Å². The lowest BCUT2D eigenvalue weighted by Gasteiger charge is -2.31. The van der Waals surface area contributed by atoms with Gasteiger partial charge in [0, 0.05) is 0 Å². The highest BCUT2D eigenvalue weighted by molar-refractivity contribution is 7.88. The SMILES string of the molecule is O=S(=O)(Cc1ccc(F)cc1)NCC(O)(c1ccccc1)C(F)(F)F. The largest absolute Gasteiger partial charge is 0.422 e. The van der Waals surface area contributed by atoms with Crippen molar-refractivity contribution in [1.82, 2.24) is 4.72 Å². The maximum absolute atomic E-state index is 13.3. The van der Waals surface area contributed by atoms with Gasteiger partial charge in [-0.1, -0.05) is 42.5 Å². The van der Waals surface area contributed by atoms with Crippen molar-refractivity contribution in [3.8, 4) is 0 Å². The number of hydrogen-bond donors (Lipinski definition) is 2. The van der Waals surface area contributed by atoms with Gasteiger partial charge in [0.1, 0.15) is 5.82 Å². The zero-order valence-corrected chi connectivity index (χ0v) is 13.6. The Labute approximate surface area is 142 Å². The van der Waals surface area contributed by atoms with E-state index in [9.17, 15) is 31.1 Å². The van der Waals surface area contributed by atoms with Crippen molar-refractivity contribution in [1.29, 1.82) is 0 Å². The smallest absolute Gasteiger partial charge is 0.375 e. The molecular weight excluding hydrogens is 362 g/mol. The first-order chi connectivity index (χ1) is 11.5. The molecule has 2 aromatic rings. The second kappa shape index (κ2) is 7.11. The van der Waals surface area contributed by atoms with E-state index in [0.717, 1.165) is 24.3 Å². The molecule has 1 unspecified atom stereocenters. The van der Waals surface area contributed by atoms with Gasteiger partial charge >= 0.3 is 6.18 Å². The maximum Gasteiger partial charge on any atom is 0.422 e. The molecule has 0 aliphatic rings. The molecule has 2 N–H and O–H groups in total. The summed E-state index contributed by atoms with van der Waals surface area (Å²) in [5, 5.41) is 10.1. The summed E-state index contributed by atoms with van der Waals surface area (Å²) >= 11 is 0. The summed E-state index contributed by atoms with van der Waals surface area (Å²) in [6, 6.07) is 10.7. The number of rotatable bonds is 6. The number of sulfonamides is 1. The van der Waals surface area contributed by atoms with Crippen molar-refractivity contribution in [2.45, 2.75) is 17.5 Å². The molecule has 1 atom stereocenters. The molecular formula is C16H15F4NO3S. The van der Waals surface area contributed by atoms with Crippen molar-refractivity contribution < 1.29 is 31.1 Å². The molecule has 25 heavy (non-hydrogen) atoms. The molecule has 0 amide bonds. The third-order valence-electron chi connectivity index (χ3n) is 3.54. The van der Waals surface area contributed by atoms with Crippen LogP contribution in [0.15, 0.2) is 54.6 Å². The molecule has 0 fully saturated rings. The van der Waals surface area contributed by atoms with Crippen LogP contribution in [0.3, 0.4) is 0 Å². The lowest BCUT2D eigenvalue weighted by atomic mass is 9.93. The van der Waals surface area contributed by atoms with Crippen LogP contribution < -0.4 is 4.72 Å². The highest BCUT2D eigenvalue weighted by Gasteiger charge is 2.55. The van der Waals surface area contributed by atoms with Gasteiger partial charge in [-0.2, -0.15) is 13.2 Å². The molecule has 4 nitrogen and oxygen atoms in total. The van der Waals surface area contributed by atoms with Gasteiger partial charge in [0.2, 0.25) is 10.0 Å². The number of benzene rings is 2. The quantitative estimate of drug-likeness (QED) is 0.761. The van der Waals surface area contributed by atoms with Crippen LogP contribution in [0.1, 0.15) is 11.1 Å². The summed E-state index contributed by atoms with van der Waals surface area (Å²) < 4.78 is 78.5. The first-order valence-electron chi connectivity index (χ1n) is 7.10. The number of nitrogens with one attached hydrogen (secondary N) is 1. The minimum atomic E-state index is -5.09. The van der Waals surface area contributed by atoms with Gasteiger partial charge in [0.25, 0.3) is 0 Å². The van der Waals surface area contributed by atoms with Gasteiger partial charge < -0.3 is 5.11 Å². The molecule has 9 heteroatoms. The van der Waals surface area contributed by atoms with Crippen LogP contribution >= 0.6 is 0 Å². The lowest BCUT2D eigenvalue weighted by Crippen LogP contribution is -2.51. The van der Waals surface area contributed by atoms with Crippen LogP contribution in [0.25, 0.3) is 0 Å². The number of alkyl halides is 3. The first-order valence-corrected chi connectivity index (χ1v) is 8.75. The Hall–Kier alpha value is -1.97. The summed E-state index contributed by atoms with van der Waals surface area (Å²) in [7, 11) is -4.18. The molecule has 2 rings (SSSR count). The van der Waals surface area contributed by atoms with Gasteiger partial charge in [-0.05, 0) is 23.3 Å². The van der Waals surface area contributed by atoms with E-state index in [1.54, 1.807) is 4.72 Å². The Morgan fingerprint density at radius 3 is 2.04 bits per heavy atom. The number of aliphatic hydroxyl groups is 1. The number of halogens is 4. The molecule has 0 saturated heterocycles. The molecule has 0 aliphatic carbocycles. The van der Waals surface area contributed by atoms with Gasteiger partial charge in [-0.3, -0.25) is 0 Å². The van der Waals surface area contributed by atoms with Crippen molar-refractivity contribution in [3.63, 3.8) is 0 Å². The van der Waals surface area contributed by atoms with E-state index in [1.165, 1.54) is 30.3 Å². The molecule has 0 aromatic heterocycles. The molecule has 0 heterocycles. The highest BCUT2D eigenvalue weighted by atomic mass is 32.2. The Morgan fingerprint density at radius 1 is 0.960 bits per heavy atom. The third kappa shape index (κ3) is 4.77. The van der Waals surface area contributed by atoms with Crippen LogP contribution in [0.2, 0.25) is 0 Å². The van der Waals surface area contributed by atoms with Gasteiger partial charge in [-0.25, -0.2) is 17.5 Å². The van der Waals surface area contributed by atoms with Gasteiger partial charge in [0.05, 0.1) is 12.3 Å². The molecule has 0 bridgehead atoms. The minimum absolute atomic E-state index is 0.198. The van der Waals surface area contributed by atoms with E-state index in [2.05, 4.69) is 0 Å². The topological polar surface area (TPSA) is 66.4 Å². The Morgan fingerprint density at radius 2 is 1.52 bits per heavy atom. The summed E-state index contributed by atoms with van der Waals surface area (Å²) in [6.07, 6.45) is -5.09. The zero-order chi connectivity index (χ0) is 18.7. The van der Waals surface area contributed by atoms with Gasteiger partial charge in [-0.15, -0.1) is 0 Å². The van der Waals surface area contributed by atoms with E-state index in [-0.39, 0.29) is 5.56 Å². The van der Waals surface area contributed by atoms with Gasteiger partial charge in [0.15, 0.2) is 5.60 Å². The minimum Gasteiger partial charge on any atom is -0.375 e. The van der Waals surface area contributed by atoms with E-state index < -0.39 is 45.5 Å². The lowest BCUT2D eigenvalue weighted by molar-refractivity contribution is -0.263. The molecule has 0 spiro atoms. The monoisotopic (exact) mass is 377 g/mol. The van der Waals surface area contributed by atoms with E-state index >= 15 is 0 Å². The average Bonchev–Trinajstić information content (AvgIpc) is 2.54. The normalized spacial score (nSPS) is 14.9. The van der Waals surface area contributed by atoms with E-state index in [0.29, 0.717) is 0 Å². The second-order valence-electron chi connectivity index (χ2n) is 5.43. The standard InChI is InChI=1S/C16H15F4NO3S/c17-14-8-6-12(7-9-14)10-25(23,24)21-11-15(22,16(18,19)20)13-4-2-1-3-5-13/h1-9,21-22H,10-11H2. The fourth-order valence-electron chi connectivity index (χ4n) is 2.15. The van der Waals surface area contributed by atoms with E-state index in [4.69, 9.17) is 0 Å². The zero-order valence-electron chi connectivity index (χ0n) is 12.8.